The highest BCUT2D eigenvalue weighted by atomic mass is 16.6. The van der Waals surface area contributed by atoms with Crippen LogP contribution in [0.1, 0.15) is 25.3 Å². The summed E-state index contributed by atoms with van der Waals surface area (Å²) >= 11 is 0. The Bertz CT molecular complexity index is 704. The predicted octanol–water partition coefficient (Wildman–Crippen LogP) is 2.17. The molecule has 1 aromatic carbocycles. The molecule has 2 N–H and O–H groups in total. The molecule has 0 aliphatic carbocycles. The molecule has 23 heavy (non-hydrogen) atoms. The first kappa shape index (κ1) is 17.8. The first-order valence-corrected chi connectivity index (χ1v) is 6.85. The second-order valence-electron chi connectivity index (χ2n) is 4.70. The number of aryl methyl sites for hydroxylation is 1. The molecule has 8 nitrogen and oxygen atoms in total. The highest BCUT2D eigenvalue weighted by Gasteiger charge is 2.13. The Kier molecular flexibility index (Phi) is 6.43. The number of hydrogen-bond donors (Lipinski definition) is 2. The second-order valence-corrected chi connectivity index (χ2v) is 4.70. The number of rotatable bonds is 6. The maximum absolute atomic E-state index is 11.8. The number of hydrogen-bond acceptors (Lipinski definition) is 6. The van der Waals surface area contributed by atoms with Crippen LogP contribution in [0, 0.1) is 28.4 Å². The molecule has 0 aromatic heterocycles. The molecular weight excluding hydrogens is 300 g/mol. The number of carbonyl (C=O) groups excluding carboxylic acids is 2. The summed E-state index contributed by atoms with van der Waals surface area (Å²) in [5.74, 6) is -1.25. The number of nitrogens with one attached hydrogen (secondary N) is 2. The van der Waals surface area contributed by atoms with Crippen LogP contribution in [0.15, 0.2) is 30.0 Å². The Morgan fingerprint density at radius 2 is 2.13 bits per heavy atom. The highest BCUT2D eigenvalue weighted by molar-refractivity contribution is 6.06. The van der Waals surface area contributed by atoms with E-state index in [2.05, 4.69) is 10.6 Å². The molecule has 0 saturated carbocycles. The van der Waals surface area contributed by atoms with Gasteiger partial charge in [-0.25, -0.2) is 0 Å². The third-order valence-electron chi connectivity index (χ3n) is 2.89. The monoisotopic (exact) mass is 316 g/mol. The van der Waals surface area contributed by atoms with E-state index in [1.807, 2.05) is 0 Å². The van der Waals surface area contributed by atoms with Crippen molar-refractivity contribution in [2.75, 3.05) is 5.32 Å². The number of imide groups is 1. The van der Waals surface area contributed by atoms with Gasteiger partial charge in [0.25, 0.3) is 11.6 Å². The molecule has 0 saturated heterocycles. The van der Waals surface area contributed by atoms with Gasteiger partial charge >= 0.3 is 0 Å². The van der Waals surface area contributed by atoms with Gasteiger partial charge in [0.15, 0.2) is 0 Å². The Labute approximate surface area is 132 Å². The number of nitrogens with zero attached hydrogens (tertiary/aromatic N) is 2. The van der Waals surface area contributed by atoms with Crippen molar-refractivity contribution in [1.82, 2.24) is 5.32 Å². The minimum absolute atomic E-state index is 0.0551. The lowest BCUT2D eigenvalue weighted by atomic mass is 10.2. The van der Waals surface area contributed by atoms with Gasteiger partial charge in [0.05, 0.1) is 4.92 Å². The Morgan fingerprint density at radius 1 is 1.43 bits per heavy atom. The first-order valence-electron chi connectivity index (χ1n) is 6.85. The van der Waals surface area contributed by atoms with E-state index in [4.69, 9.17) is 5.26 Å². The molecule has 2 amide bonds. The summed E-state index contributed by atoms with van der Waals surface area (Å²) in [6, 6.07) is 5.84. The topological polar surface area (TPSA) is 125 Å². The van der Waals surface area contributed by atoms with Gasteiger partial charge in [0.1, 0.15) is 11.6 Å². The summed E-state index contributed by atoms with van der Waals surface area (Å²) in [5, 5.41) is 24.5. The van der Waals surface area contributed by atoms with Crippen molar-refractivity contribution in [3.05, 3.63) is 45.6 Å². The molecule has 0 fully saturated rings. The fourth-order valence-corrected chi connectivity index (χ4v) is 1.71. The minimum Gasteiger partial charge on any atom is -0.360 e. The third-order valence-corrected chi connectivity index (χ3v) is 2.89. The Morgan fingerprint density at radius 3 is 2.65 bits per heavy atom. The van der Waals surface area contributed by atoms with Crippen molar-refractivity contribution in [2.24, 2.45) is 0 Å². The van der Waals surface area contributed by atoms with Crippen molar-refractivity contribution < 1.29 is 14.5 Å². The van der Waals surface area contributed by atoms with Crippen LogP contribution in [0.25, 0.3) is 0 Å². The van der Waals surface area contributed by atoms with E-state index in [1.165, 1.54) is 18.2 Å². The molecule has 0 unspecified atom stereocenters. The van der Waals surface area contributed by atoms with E-state index in [0.29, 0.717) is 17.7 Å². The van der Waals surface area contributed by atoms with E-state index < -0.39 is 16.7 Å². The van der Waals surface area contributed by atoms with Crippen LogP contribution < -0.4 is 10.6 Å². The summed E-state index contributed by atoms with van der Waals surface area (Å²) < 4.78 is 0. The van der Waals surface area contributed by atoms with Gasteiger partial charge < -0.3 is 5.32 Å². The van der Waals surface area contributed by atoms with Gasteiger partial charge in [-0.3, -0.25) is 25.0 Å². The number of nitro benzene ring substituents is 1. The molecule has 0 radical (unpaired) electrons. The fourth-order valence-electron chi connectivity index (χ4n) is 1.71. The fraction of sp³-hybridized carbons (Fsp3) is 0.267. The van der Waals surface area contributed by atoms with Gasteiger partial charge in [-0.2, -0.15) is 5.26 Å². The summed E-state index contributed by atoms with van der Waals surface area (Å²) in [6.45, 7) is 3.45. The molecule has 0 spiro atoms. The minimum atomic E-state index is -0.794. The number of carbonyl (C=O) groups is 2. The SMILES string of the molecule is CCCC(=O)NC(=O)/C(C#N)=C\Nc1ccc([N+](=O)[O-])cc1C. The van der Waals surface area contributed by atoms with Gasteiger partial charge in [-0.05, 0) is 25.0 Å². The van der Waals surface area contributed by atoms with Crippen LogP contribution in [0.4, 0.5) is 11.4 Å². The molecule has 0 aliphatic rings. The van der Waals surface area contributed by atoms with E-state index in [9.17, 15) is 19.7 Å². The van der Waals surface area contributed by atoms with Crippen LogP contribution in [0.5, 0.6) is 0 Å². The number of anilines is 1. The maximum atomic E-state index is 11.8. The highest BCUT2D eigenvalue weighted by Crippen LogP contribution is 2.21. The third kappa shape index (κ3) is 5.24. The molecule has 1 aromatic rings. The molecule has 0 heterocycles. The van der Waals surface area contributed by atoms with Gasteiger partial charge in [0, 0.05) is 30.4 Å². The van der Waals surface area contributed by atoms with Crippen LogP contribution in [0.2, 0.25) is 0 Å². The Balaban J connectivity index is 2.85. The van der Waals surface area contributed by atoms with Crippen molar-refractivity contribution in [1.29, 1.82) is 5.26 Å². The molecule has 8 heteroatoms. The smallest absolute Gasteiger partial charge is 0.269 e. The zero-order chi connectivity index (χ0) is 17.4. The largest absolute Gasteiger partial charge is 0.360 e. The number of amides is 2. The van der Waals surface area contributed by atoms with E-state index in [1.54, 1.807) is 19.9 Å². The molecule has 0 bridgehead atoms. The first-order chi connectivity index (χ1) is 10.9. The van der Waals surface area contributed by atoms with Crippen molar-refractivity contribution in [2.45, 2.75) is 26.7 Å². The summed E-state index contributed by atoms with van der Waals surface area (Å²) in [6.07, 6.45) is 1.94. The van der Waals surface area contributed by atoms with Gasteiger partial charge in [-0.15, -0.1) is 0 Å². The average Bonchev–Trinajstić information content (AvgIpc) is 2.49. The molecular formula is C15H16N4O4. The number of nitriles is 1. The average molecular weight is 316 g/mol. The zero-order valence-corrected chi connectivity index (χ0v) is 12.8. The number of nitro groups is 1. The predicted molar refractivity (Wildman–Crippen MR) is 83.2 cm³/mol. The number of non-ortho nitro benzene ring substituents is 1. The lowest BCUT2D eigenvalue weighted by Gasteiger charge is -2.06. The second kappa shape index (κ2) is 8.29. The lowest BCUT2D eigenvalue weighted by molar-refractivity contribution is -0.384. The van der Waals surface area contributed by atoms with E-state index in [0.717, 1.165) is 6.20 Å². The van der Waals surface area contributed by atoms with Crippen molar-refractivity contribution >= 4 is 23.2 Å². The molecule has 0 aliphatic heterocycles. The van der Waals surface area contributed by atoms with E-state index >= 15 is 0 Å². The van der Waals surface area contributed by atoms with Crippen LogP contribution in [-0.2, 0) is 9.59 Å². The molecule has 0 atom stereocenters. The van der Waals surface area contributed by atoms with Crippen LogP contribution in [0.3, 0.4) is 0 Å². The van der Waals surface area contributed by atoms with Gasteiger partial charge in [0.2, 0.25) is 5.91 Å². The maximum Gasteiger partial charge on any atom is 0.269 e. The van der Waals surface area contributed by atoms with Crippen LogP contribution >= 0.6 is 0 Å². The number of benzene rings is 1. The van der Waals surface area contributed by atoms with Crippen molar-refractivity contribution in [3.8, 4) is 6.07 Å². The van der Waals surface area contributed by atoms with Gasteiger partial charge in [-0.1, -0.05) is 6.92 Å². The summed E-state index contributed by atoms with van der Waals surface area (Å²) in [4.78, 5) is 33.3. The summed E-state index contributed by atoms with van der Waals surface area (Å²) in [7, 11) is 0. The van der Waals surface area contributed by atoms with E-state index in [-0.39, 0.29) is 17.7 Å². The molecule has 1 rings (SSSR count). The molecule has 120 valence electrons. The van der Waals surface area contributed by atoms with Crippen LogP contribution in [-0.4, -0.2) is 16.7 Å². The quantitative estimate of drug-likeness (QED) is 0.358. The summed E-state index contributed by atoms with van der Waals surface area (Å²) in [5.41, 5.74) is 0.763. The standard InChI is InChI=1S/C15H16N4O4/c1-3-4-14(20)18-15(21)11(8-16)9-17-13-6-5-12(19(22)23)7-10(13)2/h5-7,9,17H,3-4H2,1-2H3,(H,18,20,21)/b11-9-. The zero-order valence-electron chi connectivity index (χ0n) is 12.8. The Hall–Kier alpha value is -3.21. The lowest BCUT2D eigenvalue weighted by Crippen LogP contribution is -2.31. The normalized spacial score (nSPS) is 10.6. The van der Waals surface area contributed by atoms with Crippen molar-refractivity contribution in [3.63, 3.8) is 0 Å².